The van der Waals surface area contributed by atoms with E-state index in [1.807, 2.05) is 0 Å². The minimum absolute atomic E-state index is 0.00868. The maximum Gasteiger partial charge on any atom is 0.172 e. The van der Waals surface area contributed by atoms with E-state index >= 15 is 0 Å². The van der Waals surface area contributed by atoms with Gasteiger partial charge in [0.15, 0.2) is 17.3 Å². The predicted molar refractivity (Wildman–Crippen MR) is 73.4 cm³/mol. The van der Waals surface area contributed by atoms with Crippen LogP contribution >= 0.6 is 39.1 Å². The quantitative estimate of drug-likeness (QED) is 0.834. The smallest absolute Gasteiger partial charge is 0.172 e. The fourth-order valence-electron chi connectivity index (χ4n) is 1.38. The second kappa shape index (κ2) is 5.30. The van der Waals surface area contributed by atoms with Crippen LogP contribution in [0.1, 0.15) is 0 Å². The van der Waals surface area contributed by atoms with Gasteiger partial charge in [-0.1, -0.05) is 23.2 Å². The van der Waals surface area contributed by atoms with Crippen molar-refractivity contribution in [1.29, 1.82) is 0 Å². The normalized spacial score (nSPS) is 10.4. The van der Waals surface area contributed by atoms with Gasteiger partial charge in [0.2, 0.25) is 0 Å². The van der Waals surface area contributed by atoms with Crippen LogP contribution in [0, 0.1) is 0 Å². The highest BCUT2D eigenvalue weighted by Gasteiger charge is 2.12. The van der Waals surface area contributed by atoms with Crippen LogP contribution < -0.4 is 4.74 Å². The minimum Gasteiger partial charge on any atom is -0.503 e. The highest BCUT2D eigenvalue weighted by Crippen LogP contribution is 2.38. The molecule has 18 heavy (non-hydrogen) atoms. The van der Waals surface area contributed by atoms with E-state index in [2.05, 4.69) is 25.9 Å². The van der Waals surface area contributed by atoms with Crippen molar-refractivity contribution in [3.05, 3.63) is 33.0 Å². The Labute approximate surface area is 122 Å². The monoisotopic (exact) mass is 348 g/mol. The summed E-state index contributed by atoms with van der Waals surface area (Å²) in [5.74, 6) is 0.667. The molecule has 0 aliphatic rings. The molecule has 0 spiro atoms. The lowest BCUT2D eigenvalue weighted by Gasteiger charge is -2.08. The number of benzene rings is 1. The van der Waals surface area contributed by atoms with Crippen LogP contribution in [0.15, 0.2) is 22.7 Å². The van der Waals surface area contributed by atoms with Crippen molar-refractivity contribution in [2.75, 3.05) is 7.11 Å². The van der Waals surface area contributed by atoms with Crippen LogP contribution in [-0.4, -0.2) is 22.2 Å². The molecule has 0 saturated heterocycles. The number of phenolic OH excluding ortho intramolecular Hbond substituents is 1. The molecule has 0 amide bonds. The van der Waals surface area contributed by atoms with Gasteiger partial charge in [0.25, 0.3) is 0 Å². The van der Waals surface area contributed by atoms with E-state index < -0.39 is 0 Å². The summed E-state index contributed by atoms with van der Waals surface area (Å²) in [6.07, 6.45) is 0. The summed E-state index contributed by atoms with van der Waals surface area (Å²) in [5.41, 5.74) is 0.626. The van der Waals surface area contributed by atoms with Crippen LogP contribution in [0.4, 0.5) is 0 Å². The van der Waals surface area contributed by atoms with Crippen LogP contribution in [0.2, 0.25) is 10.3 Å². The molecule has 0 bridgehead atoms. The van der Waals surface area contributed by atoms with Gasteiger partial charge in [-0.15, -0.1) is 0 Å². The third-order valence-corrected chi connectivity index (χ3v) is 3.16. The molecule has 0 aliphatic carbocycles. The molecule has 4 nitrogen and oxygen atoms in total. The molecule has 0 atom stereocenters. The molecule has 2 aromatic rings. The second-order valence-electron chi connectivity index (χ2n) is 3.35. The Hall–Kier alpha value is -1.04. The number of rotatable bonds is 2. The summed E-state index contributed by atoms with van der Waals surface area (Å²) in [7, 11) is 1.46. The lowest BCUT2D eigenvalue weighted by atomic mass is 10.2. The summed E-state index contributed by atoms with van der Waals surface area (Å²) in [6.45, 7) is 0. The predicted octanol–water partition coefficient (Wildman–Crippen LogP) is 3.93. The maximum absolute atomic E-state index is 9.71. The summed E-state index contributed by atoms with van der Waals surface area (Å²) < 4.78 is 5.52. The summed E-state index contributed by atoms with van der Waals surface area (Å²) >= 11 is 14.9. The van der Waals surface area contributed by atoms with Crippen molar-refractivity contribution in [3.63, 3.8) is 0 Å². The highest BCUT2D eigenvalue weighted by molar-refractivity contribution is 9.10. The molecule has 0 fully saturated rings. The molecule has 1 heterocycles. The molecule has 1 aromatic heterocycles. The first-order valence-electron chi connectivity index (χ1n) is 4.78. The van der Waals surface area contributed by atoms with Gasteiger partial charge in [-0.2, -0.15) is 0 Å². The van der Waals surface area contributed by atoms with Crippen LogP contribution in [0.25, 0.3) is 11.4 Å². The minimum atomic E-state index is 0.00868. The molecule has 94 valence electrons. The molecule has 0 aliphatic heterocycles. The molecule has 1 N–H and O–H groups in total. The van der Waals surface area contributed by atoms with Gasteiger partial charge in [0.05, 0.1) is 11.6 Å². The second-order valence-corrected chi connectivity index (χ2v) is 4.97. The lowest BCUT2D eigenvalue weighted by molar-refractivity contribution is 0.372. The SMILES string of the molecule is COc1cc(-c2nc(Cl)cc(Cl)n2)cc(Br)c1O. The Morgan fingerprint density at radius 2 is 1.78 bits per heavy atom. The Kier molecular flexibility index (Phi) is 3.94. The Morgan fingerprint density at radius 1 is 1.17 bits per heavy atom. The summed E-state index contributed by atoms with van der Waals surface area (Å²) in [5, 5.41) is 10.2. The highest BCUT2D eigenvalue weighted by atomic mass is 79.9. The van der Waals surface area contributed by atoms with Gasteiger partial charge in [0.1, 0.15) is 10.3 Å². The number of aromatic hydroxyl groups is 1. The van der Waals surface area contributed by atoms with Gasteiger partial charge in [-0.25, -0.2) is 9.97 Å². The molecule has 0 saturated carbocycles. The van der Waals surface area contributed by atoms with Crippen LogP contribution in [0.5, 0.6) is 11.5 Å². The fourth-order valence-corrected chi connectivity index (χ4v) is 2.24. The van der Waals surface area contributed by atoms with E-state index in [1.165, 1.54) is 13.2 Å². The van der Waals surface area contributed by atoms with E-state index in [0.717, 1.165) is 0 Å². The topological polar surface area (TPSA) is 55.2 Å². The first-order chi connectivity index (χ1) is 8.51. The Balaban J connectivity index is 2.60. The van der Waals surface area contributed by atoms with Gasteiger partial charge >= 0.3 is 0 Å². The van der Waals surface area contributed by atoms with Crippen molar-refractivity contribution >= 4 is 39.1 Å². The van der Waals surface area contributed by atoms with Gasteiger partial charge < -0.3 is 9.84 Å². The number of nitrogens with zero attached hydrogens (tertiary/aromatic N) is 2. The Morgan fingerprint density at radius 3 is 2.33 bits per heavy atom. The number of phenols is 1. The van der Waals surface area contributed by atoms with Gasteiger partial charge in [-0.05, 0) is 28.1 Å². The van der Waals surface area contributed by atoms with Crippen molar-refractivity contribution in [3.8, 4) is 22.9 Å². The third-order valence-electron chi connectivity index (χ3n) is 2.17. The molecular weight excluding hydrogens is 343 g/mol. The zero-order valence-corrected chi connectivity index (χ0v) is 12.2. The van der Waals surface area contributed by atoms with Crippen LogP contribution in [-0.2, 0) is 0 Å². The molecule has 7 heteroatoms. The number of hydrogen-bond acceptors (Lipinski definition) is 4. The first kappa shape index (κ1) is 13.4. The van der Waals surface area contributed by atoms with E-state index in [-0.39, 0.29) is 16.1 Å². The zero-order valence-electron chi connectivity index (χ0n) is 9.12. The third kappa shape index (κ3) is 2.68. The standard InChI is InChI=1S/C11H7BrCl2N2O2/c1-18-7-3-5(2-6(12)10(7)17)11-15-8(13)4-9(14)16-11/h2-4,17H,1H3. The fraction of sp³-hybridized carbons (Fsp3) is 0.0909. The lowest BCUT2D eigenvalue weighted by Crippen LogP contribution is -1.92. The van der Waals surface area contributed by atoms with Crippen molar-refractivity contribution < 1.29 is 9.84 Å². The molecular formula is C11H7BrCl2N2O2. The number of hydrogen-bond donors (Lipinski definition) is 1. The summed E-state index contributed by atoms with van der Waals surface area (Å²) in [6, 6.07) is 4.70. The maximum atomic E-state index is 9.71. The number of ether oxygens (including phenoxy) is 1. The van der Waals surface area contributed by atoms with Crippen molar-refractivity contribution in [1.82, 2.24) is 9.97 Å². The molecule has 1 aromatic carbocycles. The van der Waals surface area contributed by atoms with Crippen LogP contribution in [0.3, 0.4) is 0 Å². The van der Waals surface area contributed by atoms with Gasteiger partial charge in [-0.3, -0.25) is 0 Å². The van der Waals surface area contributed by atoms with E-state index in [4.69, 9.17) is 27.9 Å². The number of aromatic nitrogens is 2. The summed E-state index contributed by atoms with van der Waals surface area (Å²) in [4.78, 5) is 8.12. The molecule has 0 radical (unpaired) electrons. The number of methoxy groups -OCH3 is 1. The average Bonchev–Trinajstić information content (AvgIpc) is 2.31. The van der Waals surface area contributed by atoms with E-state index in [9.17, 15) is 5.11 Å². The zero-order chi connectivity index (χ0) is 13.3. The first-order valence-corrected chi connectivity index (χ1v) is 6.33. The molecule has 0 unspecified atom stereocenters. The molecule has 2 rings (SSSR count). The Bertz CT molecular complexity index is 588. The van der Waals surface area contributed by atoms with Gasteiger partial charge in [0, 0.05) is 11.6 Å². The van der Waals surface area contributed by atoms with E-state index in [1.54, 1.807) is 12.1 Å². The van der Waals surface area contributed by atoms with Crippen molar-refractivity contribution in [2.45, 2.75) is 0 Å². The largest absolute Gasteiger partial charge is 0.503 e. The van der Waals surface area contributed by atoms with Crippen molar-refractivity contribution in [2.24, 2.45) is 0 Å². The number of halogens is 3. The average molecular weight is 350 g/mol. The van der Waals surface area contributed by atoms with E-state index in [0.29, 0.717) is 21.6 Å².